The molecule has 1 aromatic rings. The monoisotopic (exact) mass is 287 g/mol. The first kappa shape index (κ1) is 11.0. The normalized spacial score (nSPS) is 17.5. The summed E-state index contributed by atoms with van der Waals surface area (Å²) < 4.78 is 0.887. The highest BCUT2D eigenvalue weighted by Gasteiger charge is 2.41. The van der Waals surface area contributed by atoms with Crippen LogP contribution in [-0.4, -0.2) is 5.91 Å². The fraction of sp³-hybridized carbons (Fsp3) is 0.364. The minimum Gasteiger partial charge on any atom is -0.324 e. The van der Waals surface area contributed by atoms with Crippen LogP contribution in [0.2, 0.25) is 5.02 Å². The van der Waals surface area contributed by atoms with Crippen LogP contribution in [0.5, 0.6) is 0 Å². The van der Waals surface area contributed by atoms with E-state index in [1.807, 2.05) is 26.8 Å². The second-order valence-electron chi connectivity index (χ2n) is 4.32. The molecule has 1 amide bonds. The first-order valence-electron chi connectivity index (χ1n) is 4.66. The molecular weight excluding hydrogens is 277 g/mol. The molecule has 0 aliphatic carbocycles. The van der Waals surface area contributed by atoms with E-state index in [4.69, 9.17) is 11.6 Å². The maximum atomic E-state index is 11.8. The Labute approximate surface area is 102 Å². The number of halogens is 2. The Kier molecular flexibility index (Phi) is 2.36. The van der Waals surface area contributed by atoms with Crippen LogP contribution < -0.4 is 5.32 Å². The van der Waals surface area contributed by atoms with Crippen LogP contribution in [0.15, 0.2) is 10.5 Å². The number of carbonyl (C=O) groups is 1. The van der Waals surface area contributed by atoms with E-state index in [-0.39, 0.29) is 5.91 Å². The number of amides is 1. The van der Waals surface area contributed by atoms with Gasteiger partial charge in [-0.3, -0.25) is 4.79 Å². The van der Waals surface area contributed by atoms with Gasteiger partial charge in [0.05, 0.1) is 11.1 Å². The van der Waals surface area contributed by atoms with E-state index in [0.717, 1.165) is 21.3 Å². The molecular formula is C11H11BrClNO. The highest BCUT2D eigenvalue weighted by Crippen LogP contribution is 2.46. The fourth-order valence-corrected chi connectivity index (χ4v) is 2.87. The van der Waals surface area contributed by atoms with E-state index in [2.05, 4.69) is 21.2 Å². The minimum atomic E-state index is -0.555. The summed E-state index contributed by atoms with van der Waals surface area (Å²) in [5.41, 5.74) is 2.12. The van der Waals surface area contributed by atoms with Crippen molar-refractivity contribution in [3.8, 4) is 0 Å². The minimum absolute atomic E-state index is 0.00861. The second kappa shape index (κ2) is 3.22. The first-order chi connectivity index (χ1) is 6.85. The first-order valence-corrected chi connectivity index (χ1v) is 5.83. The zero-order valence-corrected chi connectivity index (χ0v) is 11.1. The van der Waals surface area contributed by atoms with Gasteiger partial charge in [-0.25, -0.2) is 0 Å². The van der Waals surface area contributed by atoms with Crippen molar-refractivity contribution in [3.63, 3.8) is 0 Å². The van der Waals surface area contributed by atoms with Gasteiger partial charge < -0.3 is 5.32 Å². The number of hydrogen-bond acceptors (Lipinski definition) is 1. The molecule has 0 bridgehead atoms. The molecule has 2 nitrogen and oxygen atoms in total. The van der Waals surface area contributed by atoms with Crippen molar-refractivity contribution >= 4 is 39.1 Å². The Morgan fingerprint density at radius 1 is 1.47 bits per heavy atom. The zero-order valence-electron chi connectivity index (χ0n) is 8.74. The van der Waals surface area contributed by atoms with E-state index in [1.54, 1.807) is 0 Å². The van der Waals surface area contributed by atoms with Crippen LogP contribution >= 0.6 is 27.5 Å². The number of nitrogens with one attached hydrogen (secondary N) is 1. The molecule has 1 aliphatic heterocycles. The molecule has 0 aromatic heterocycles. The lowest BCUT2D eigenvalue weighted by molar-refractivity contribution is -0.119. The summed E-state index contributed by atoms with van der Waals surface area (Å²) in [5.74, 6) is -0.00861. The molecule has 0 saturated heterocycles. The highest BCUT2D eigenvalue weighted by atomic mass is 79.9. The molecule has 0 atom stereocenters. The molecule has 80 valence electrons. The van der Waals surface area contributed by atoms with Crippen LogP contribution in [-0.2, 0) is 10.2 Å². The Hall–Kier alpha value is -0.540. The summed E-state index contributed by atoms with van der Waals surface area (Å²) in [6.07, 6.45) is 0. The zero-order chi connectivity index (χ0) is 11.4. The molecule has 1 heterocycles. The van der Waals surface area contributed by atoms with E-state index in [1.165, 1.54) is 0 Å². The van der Waals surface area contributed by atoms with Crippen LogP contribution in [0.25, 0.3) is 0 Å². The second-order valence-corrected chi connectivity index (χ2v) is 5.55. The topological polar surface area (TPSA) is 29.1 Å². The van der Waals surface area contributed by atoms with Crippen molar-refractivity contribution in [2.45, 2.75) is 26.2 Å². The number of rotatable bonds is 0. The summed E-state index contributed by atoms with van der Waals surface area (Å²) in [7, 11) is 0. The lowest BCUT2D eigenvalue weighted by Crippen LogP contribution is -2.27. The third-order valence-corrected chi connectivity index (χ3v) is 3.94. The van der Waals surface area contributed by atoms with E-state index in [9.17, 15) is 4.79 Å². The number of aryl methyl sites for hydroxylation is 1. The van der Waals surface area contributed by atoms with Crippen molar-refractivity contribution < 1.29 is 4.79 Å². The fourth-order valence-electron chi connectivity index (χ4n) is 1.84. The van der Waals surface area contributed by atoms with Crippen molar-refractivity contribution in [2.75, 3.05) is 5.32 Å². The molecule has 1 N–H and O–H groups in total. The molecule has 4 heteroatoms. The molecule has 2 rings (SSSR count). The smallest absolute Gasteiger partial charge is 0.234 e. The van der Waals surface area contributed by atoms with Gasteiger partial charge in [0.1, 0.15) is 0 Å². The molecule has 0 saturated carbocycles. The quantitative estimate of drug-likeness (QED) is 0.776. The van der Waals surface area contributed by atoms with Gasteiger partial charge >= 0.3 is 0 Å². The third kappa shape index (κ3) is 1.41. The number of carbonyl (C=O) groups excluding carboxylic acids is 1. The SMILES string of the molecule is Cc1cc(Br)c2c(c1Cl)C(C)(C)C(=O)N2. The predicted octanol–water partition coefficient (Wildman–Crippen LogP) is 3.64. The number of benzene rings is 1. The van der Waals surface area contributed by atoms with Gasteiger partial charge in [-0.15, -0.1) is 0 Å². The predicted molar refractivity (Wildman–Crippen MR) is 65.5 cm³/mol. The van der Waals surface area contributed by atoms with Gasteiger partial charge in [-0.2, -0.15) is 0 Å². The summed E-state index contributed by atoms with van der Waals surface area (Å²) in [5, 5.41) is 3.53. The molecule has 0 fully saturated rings. The largest absolute Gasteiger partial charge is 0.324 e. The maximum Gasteiger partial charge on any atom is 0.234 e. The average Bonchev–Trinajstić information content (AvgIpc) is 2.36. The molecule has 0 spiro atoms. The third-order valence-electron chi connectivity index (χ3n) is 2.83. The van der Waals surface area contributed by atoms with Gasteiger partial charge in [0, 0.05) is 15.1 Å². The molecule has 15 heavy (non-hydrogen) atoms. The maximum absolute atomic E-state index is 11.8. The molecule has 0 unspecified atom stereocenters. The summed E-state index contributed by atoms with van der Waals surface area (Å²) in [6.45, 7) is 5.70. The lowest BCUT2D eigenvalue weighted by Gasteiger charge is -2.17. The van der Waals surface area contributed by atoms with E-state index < -0.39 is 5.41 Å². The molecule has 1 aliphatic rings. The van der Waals surface area contributed by atoms with Gasteiger partial charge in [0.2, 0.25) is 5.91 Å². The summed E-state index contributed by atoms with van der Waals surface area (Å²) >= 11 is 9.69. The van der Waals surface area contributed by atoms with Crippen LogP contribution in [0.3, 0.4) is 0 Å². The van der Waals surface area contributed by atoms with E-state index in [0.29, 0.717) is 5.02 Å². The van der Waals surface area contributed by atoms with Crippen LogP contribution in [0.4, 0.5) is 5.69 Å². The summed E-state index contributed by atoms with van der Waals surface area (Å²) in [6, 6.07) is 1.92. The number of fused-ring (bicyclic) bond motifs is 1. The van der Waals surface area contributed by atoms with E-state index >= 15 is 0 Å². The van der Waals surface area contributed by atoms with Crippen LogP contribution in [0.1, 0.15) is 25.0 Å². The van der Waals surface area contributed by atoms with Crippen molar-refractivity contribution in [1.82, 2.24) is 0 Å². The molecule has 0 radical (unpaired) electrons. The van der Waals surface area contributed by atoms with Crippen molar-refractivity contribution in [3.05, 3.63) is 26.7 Å². The Morgan fingerprint density at radius 2 is 2.07 bits per heavy atom. The van der Waals surface area contributed by atoms with Crippen molar-refractivity contribution in [2.24, 2.45) is 0 Å². The Balaban J connectivity index is 2.81. The lowest BCUT2D eigenvalue weighted by atomic mass is 9.85. The summed E-state index contributed by atoms with van der Waals surface area (Å²) in [4.78, 5) is 11.8. The molecule has 1 aromatic carbocycles. The van der Waals surface area contributed by atoms with Gasteiger partial charge in [-0.1, -0.05) is 11.6 Å². The Bertz CT molecular complexity index is 468. The van der Waals surface area contributed by atoms with Crippen LogP contribution in [0, 0.1) is 6.92 Å². The standard InChI is InChI=1S/C11H11BrClNO/c1-5-4-6(12)9-7(8(5)13)11(2,3)10(15)14-9/h4H,1-3H3,(H,14,15). The Morgan fingerprint density at radius 3 is 2.67 bits per heavy atom. The highest BCUT2D eigenvalue weighted by molar-refractivity contribution is 9.10. The van der Waals surface area contributed by atoms with Crippen molar-refractivity contribution in [1.29, 1.82) is 0 Å². The number of anilines is 1. The van der Waals surface area contributed by atoms with Gasteiger partial charge in [0.15, 0.2) is 0 Å². The van der Waals surface area contributed by atoms with Gasteiger partial charge in [-0.05, 0) is 48.3 Å². The average molecular weight is 289 g/mol. The van der Waals surface area contributed by atoms with Gasteiger partial charge in [0.25, 0.3) is 0 Å². The number of hydrogen-bond donors (Lipinski definition) is 1.